The number of ether oxygens (including phenoxy) is 1. The van der Waals surface area contributed by atoms with Crippen LogP contribution in [0.3, 0.4) is 0 Å². The van der Waals surface area contributed by atoms with Gasteiger partial charge in [-0.1, -0.05) is 5.92 Å². The minimum atomic E-state index is -0.964. The molecule has 0 rings (SSSR count). The first kappa shape index (κ1) is 13.5. The van der Waals surface area contributed by atoms with Crippen LogP contribution in [0.25, 0.3) is 0 Å². The second-order valence-electron chi connectivity index (χ2n) is 3.80. The number of carboxylic acids is 1. The third-order valence-electron chi connectivity index (χ3n) is 1.08. The Morgan fingerprint density at radius 3 is 2.47 bits per heavy atom. The molecule has 0 saturated carbocycles. The molecule has 0 aliphatic rings. The van der Waals surface area contributed by atoms with Gasteiger partial charge in [0, 0.05) is 5.92 Å². The largest absolute Gasteiger partial charge is 0.480 e. The molecule has 15 heavy (non-hydrogen) atoms. The van der Waals surface area contributed by atoms with Crippen molar-refractivity contribution in [3.8, 4) is 11.8 Å². The van der Waals surface area contributed by atoms with Gasteiger partial charge in [0.1, 0.15) is 5.60 Å². The molecule has 0 fully saturated rings. The molecule has 0 heterocycles. The summed E-state index contributed by atoms with van der Waals surface area (Å²) in [6.45, 7) is 5.20. The van der Waals surface area contributed by atoms with Gasteiger partial charge in [-0.2, -0.15) is 0 Å². The van der Waals surface area contributed by atoms with Crippen LogP contribution in [0.2, 0.25) is 0 Å². The van der Waals surface area contributed by atoms with E-state index in [-0.39, 0.29) is 13.1 Å². The second kappa shape index (κ2) is 6.04. The van der Waals surface area contributed by atoms with E-state index < -0.39 is 17.5 Å². The van der Waals surface area contributed by atoms with E-state index in [1.54, 1.807) is 20.8 Å². The Bertz CT molecular complexity index is 293. The molecule has 0 spiro atoms. The van der Waals surface area contributed by atoms with Gasteiger partial charge in [-0.25, -0.2) is 4.79 Å². The summed E-state index contributed by atoms with van der Waals surface area (Å²) < 4.78 is 4.91. The highest BCUT2D eigenvalue weighted by Crippen LogP contribution is 2.05. The Morgan fingerprint density at radius 1 is 1.40 bits per heavy atom. The summed E-state index contributed by atoms with van der Waals surface area (Å²) in [6, 6.07) is 0. The van der Waals surface area contributed by atoms with Crippen LogP contribution in [0.4, 0.5) is 0 Å². The van der Waals surface area contributed by atoms with Crippen molar-refractivity contribution in [1.29, 1.82) is 0 Å². The molecule has 5 heteroatoms. The molecule has 0 amide bonds. The number of carboxylic acid groups (broad SMARTS) is 1. The second-order valence-corrected chi connectivity index (χ2v) is 3.80. The fraction of sp³-hybridized carbons (Fsp3) is 0.600. The van der Waals surface area contributed by atoms with Gasteiger partial charge >= 0.3 is 11.9 Å². The normalized spacial score (nSPS) is 10.1. The van der Waals surface area contributed by atoms with E-state index in [9.17, 15) is 9.59 Å². The minimum absolute atomic E-state index is 0.144. The zero-order valence-corrected chi connectivity index (χ0v) is 9.09. The molecule has 0 aliphatic carbocycles. The Balaban J connectivity index is 3.78. The number of esters is 1. The van der Waals surface area contributed by atoms with Gasteiger partial charge in [0.15, 0.2) is 0 Å². The molecule has 0 radical (unpaired) electrons. The van der Waals surface area contributed by atoms with Crippen molar-refractivity contribution in [1.82, 2.24) is 5.32 Å². The van der Waals surface area contributed by atoms with Crippen molar-refractivity contribution in [2.45, 2.75) is 26.4 Å². The molecule has 0 aromatic heterocycles. The number of nitrogens with one attached hydrogen (secondary N) is 1. The predicted molar refractivity (Wildman–Crippen MR) is 54.1 cm³/mol. The summed E-state index contributed by atoms with van der Waals surface area (Å²) in [7, 11) is 0. The third-order valence-corrected chi connectivity index (χ3v) is 1.08. The molecule has 0 unspecified atom stereocenters. The molecule has 5 nitrogen and oxygen atoms in total. The first-order valence-electron chi connectivity index (χ1n) is 4.45. The predicted octanol–water partition coefficient (Wildman–Crippen LogP) is 0.00570. The van der Waals surface area contributed by atoms with E-state index in [2.05, 4.69) is 17.2 Å². The van der Waals surface area contributed by atoms with Gasteiger partial charge < -0.3 is 9.84 Å². The van der Waals surface area contributed by atoms with E-state index in [1.165, 1.54) is 0 Å². The molecular formula is C10H15NO4. The van der Waals surface area contributed by atoms with Gasteiger partial charge in [-0.05, 0) is 20.8 Å². The molecule has 2 N–H and O–H groups in total. The van der Waals surface area contributed by atoms with E-state index in [4.69, 9.17) is 9.84 Å². The zero-order valence-electron chi connectivity index (χ0n) is 9.09. The maximum absolute atomic E-state index is 11.0. The van der Waals surface area contributed by atoms with Crippen molar-refractivity contribution >= 4 is 11.9 Å². The Kier molecular flexibility index (Phi) is 5.42. The van der Waals surface area contributed by atoms with Crippen LogP contribution in [0.15, 0.2) is 0 Å². The van der Waals surface area contributed by atoms with E-state index in [0.717, 1.165) is 0 Å². The molecule has 0 aromatic rings. The average Bonchev–Trinajstić information content (AvgIpc) is 1.99. The first-order chi connectivity index (χ1) is 6.81. The minimum Gasteiger partial charge on any atom is -0.480 e. The molecule has 0 aromatic carbocycles. The number of rotatable bonds is 3. The lowest BCUT2D eigenvalue weighted by molar-refractivity contribution is -0.147. The van der Waals surface area contributed by atoms with Crippen molar-refractivity contribution < 1.29 is 19.4 Å². The molecule has 0 saturated heterocycles. The quantitative estimate of drug-likeness (QED) is 0.299. The summed E-state index contributed by atoms with van der Waals surface area (Å²) >= 11 is 0. The Hall–Kier alpha value is -1.54. The molecular weight excluding hydrogens is 198 g/mol. The lowest BCUT2D eigenvalue weighted by atomic mass is 10.2. The highest BCUT2D eigenvalue weighted by Gasteiger charge is 2.13. The summed E-state index contributed by atoms with van der Waals surface area (Å²) in [5.41, 5.74) is -0.555. The van der Waals surface area contributed by atoms with E-state index in [1.807, 2.05) is 0 Å². The number of hydrogen-bond donors (Lipinski definition) is 2. The van der Waals surface area contributed by atoms with Crippen LogP contribution < -0.4 is 5.32 Å². The summed E-state index contributed by atoms with van der Waals surface area (Å²) in [5, 5.41) is 10.8. The SMILES string of the molecule is CC(C)(C)OC(=O)C#CCNCC(=O)O. The number of aliphatic carboxylic acids is 1. The van der Waals surface area contributed by atoms with Crippen LogP contribution >= 0.6 is 0 Å². The molecule has 0 atom stereocenters. The van der Waals surface area contributed by atoms with Crippen LogP contribution in [0.5, 0.6) is 0 Å². The zero-order chi connectivity index (χ0) is 11.9. The standard InChI is InChI=1S/C10H15NO4/c1-10(2,3)15-9(14)5-4-6-11-7-8(12)13/h11H,6-7H2,1-3H3,(H,12,13). The summed E-state index contributed by atoms with van der Waals surface area (Å²) in [4.78, 5) is 21.1. The van der Waals surface area contributed by atoms with Gasteiger partial charge in [-0.3, -0.25) is 10.1 Å². The van der Waals surface area contributed by atoms with Crippen molar-refractivity contribution in [2.75, 3.05) is 13.1 Å². The van der Waals surface area contributed by atoms with Crippen LogP contribution in [-0.4, -0.2) is 35.7 Å². The van der Waals surface area contributed by atoms with Crippen molar-refractivity contribution in [3.63, 3.8) is 0 Å². The lowest BCUT2D eigenvalue weighted by Crippen LogP contribution is -2.24. The highest BCUT2D eigenvalue weighted by atomic mass is 16.6. The van der Waals surface area contributed by atoms with Crippen LogP contribution in [0.1, 0.15) is 20.8 Å². The molecule has 84 valence electrons. The molecule has 0 bridgehead atoms. The monoisotopic (exact) mass is 213 g/mol. The number of carbonyl (C=O) groups is 2. The average molecular weight is 213 g/mol. The summed E-state index contributed by atoms with van der Waals surface area (Å²) in [5.74, 6) is 3.14. The van der Waals surface area contributed by atoms with Crippen LogP contribution in [-0.2, 0) is 14.3 Å². The summed E-state index contributed by atoms with van der Waals surface area (Å²) in [6.07, 6.45) is 0. The maximum Gasteiger partial charge on any atom is 0.384 e. The molecule has 0 aliphatic heterocycles. The first-order valence-corrected chi connectivity index (χ1v) is 4.45. The van der Waals surface area contributed by atoms with E-state index >= 15 is 0 Å². The Labute approximate surface area is 88.8 Å². The van der Waals surface area contributed by atoms with Crippen molar-refractivity contribution in [2.24, 2.45) is 0 Å². The fourth-order valence-corrected chi connectivity index (χ4v) is 0.652. The van der Waals surface area contributed by atoms with Gasteiger partial charge in [0.25, 0.3) is 0 Å². The van der Waals surface area contributed by atoms with Crippen molar-refractivity contribution in [3.05, 3.63) is 0 Å². The van der Waals surface area contributed by atoms with Crippen LogP contribution in [0, 0.1) is 11.8 Å². The highest BCUT2D eigenvalue weighted by molar-refractivity contribution is 5.88. The van der Waals surface area contributed by atoms with Gasteiger partial charge in [-0.15, -0.1) is 0 Å². The van der Waals surface area contributed by atoms with Gasteiger partial charge in [0.2, 0.25) is 0 Å². The third kappa shape index (κ3) is 10.4. The Morgan fingerprint density at radius 2 is 2.00 bits per heavy atom. The fourth-order valence-electron chi connectivity index (χ4n) is 0.652. The number of hydrogen-bond acceptors (Lipinski definition) is 4. The maximum atomic E-state index is 11.0. The van der Waals surface area contributed by atoms with E-state index in [0.29, 0.717) is 0 Å². The number of carbonyl (C=O) groups excluding carboxylic acids is 1. The smallest absolute Gasteiger partial charge is 0.384 e. The topological polar surface area (TPSA) is 75.6 Å². The van der Waals surface area contributed by atoms with Gasteiger partial charge in [0.05, 0.1) is 13.1 Å². The lowest BCUT2D eigenvalue weighted by Gasteiger charge is -2.16.